The van der Waals surface area contributed by atoms with Crippen molar-refractivity contribution in [3.63, 3.8) is 0 Å². The standard InChI is InChI=1S/C10H21NO/c1-4-10(2,3)11-7-5-9(12)6-8-11/h9,12H,4-8H2,1-3H3. The second kappa shape index (κ2) is 3.75. The molecule has 1 aliphatic heterocycles. The smallest absolute Gasteiger partial charge is 0.0564 e. The van der Waals surface area contributed by atoms with Crippen LogP contribution in [0.15, 0.2) is 0 Å². The van der Waals surface area contributed by atoms with E-state index in [1.807, 2.05) is 0 Å². The Morgan fingerprint density at radius 2 is 1.83 bits per heavy atom. The van der Waals surface area contributed by atoms with Gasteiger partial charge >= 0.3 is 0 Å². The Morgan fingerprint density at radius 3 is 2.25 bits per heavy atom. The van der Waals surface area contributed by atoms with Crippen LogP contribution in [0.25, 0.3) is 0 Å². The highest BCUT2D eigenvalue weighted by molar-refractivity contribution is 4.83. The minimum atomic E-state index is -0.0473. The molecule has 0 aromatic carbocycles. The third-order valence-corrected chi connectivity index (χ3v) is 3.19. The van der Waals surface area contributed by atoms with Crippen molar-refractivity contribution in [2.45, 2.75) is 51.7 Å². The van der Waals surface area contributed by atoms with Crippen molar-refractivity contribution in [2.75, 3.05) is 13.1 Å². The average Bonchev–Trinajstić information content (AvgIpc) is 2.05. The first-order valence-corrected chi connectivity index (χ1v) is 4.99. The molecular formula is C10H21NO. The number of piperidine rings is 1. The zero-order chi connectivity index (χ0) is 9.19. The quantitative estimate of drug-likeness (QED) is 0.682. The van der Waals surface area contributed by atoms with Gasteiger partial charge in [0.05, 0.1) is 6.10 Å². The number of hydrogen-bond donors (Lipinski definition) is 1. The Balaban J connectivity index is 2.44. The van der Waals surface area contributed by atoms with Crippen molar-refractivity contribution in [3.05, 3.63) is 0 Å². The van der Waals surface area contributed by atoms with Gasteiger partial charge in [0.25, 0.3) is 0 Å². The van der Waals surface area contributed by atoms with Gasteiger partial charge in [0.2, 0.25) is 0 Å². The Morgan fingerprint density at radius 1 is 1.33 bits per heavy atom. The molecule has 1 fully saturated rings. The van der Waals surface area contributed by atoms with Crippen LogP contribution in [-0.2, 0) is 0 Å². The molecule has 0 amide bonds. The summed E-state index contributed by atoms with van der Waals surface area (Å²) in [6.45, 7) is 8.91. The van der Waals surface area contributed by atoms with Crippen LogP contribution in [0, 0.1) is 0 Å². The second-order valence-corrected chi connectivity index (χ2v) is 4.38. The number of aliphatic hydroxyl groups is 1. The van der Waals surface area contributed by atoms with Crippen LogP contribution in [0.5, 0.6) is 0 Å². The first-order chi connectivity index (χ1) is 5.56. The molecule has 1 rings (SSSR count). The predicted molar refractivity (Wildman–Crippen MR) is 51.2 cm³/mol. The predicted octanol–water partition coefficient (Wildman–Crippen LogP) is 1.63. The van der Waals surface area contributed by atoms with Gasteiger partial charge in [-0.3, -0.25) is 4.90 Å². The maximum absolute atomic E-state index is 9.34. The van der Waals surface area contributed by atoms with Crippen LogP contribution >= 0.6 is 0 Å². The molecule has 1 N–H and O–H groups in total. The Kier molecular flexibility index (Phi) is 3.13. The lowest BCUT2D eigenvalue weighted by Gasteiger charge is -2.41. The Bertz CT molecular complexity index is 137. The number of likely N-dealkylation sites (tertiary alicyclic amines) is 1. The summed E-state index contributed by atoms with van der Waals surface area (Å²) >= 11 is 0. The van der Waals surface area contributed by atoms with Gasteiger partial charge in [-0.25, -0.2) is 0 Å². The molecule has 72 valence electrons. The highest BCUT2D eigenvalue weighted by Gasteiger charge is 2.28. The zero-order valence-corrected chi connectivity index (χ0v) is 8.51. The van der Waals surface area contributed by atoms with E-state index in [0.717, 1.165) is 25.9 Å². The lowest BCUT2D eigenvalue weighted by Crippen LogP contribution is -2.48. The van der Waals surface area contributed by atoms with Crippen molar-refractivity contribution >= 4 is 0 Å². The molecule has 0 bridgehead atoms. The van der Waals surface area contributed by atoms with E-state index in [1.165, 1.54) is 6.42 Å². The molecule has 2 nitrogen and oxygen atoms in total. The lowest BCUT2D eigenvalue weighted by molar-refractivity contribution is 0.0288. The van der Waals surface area contributed by atoms with E-state index < -0.39 is 0 Å². The molecule has 0 atom stereocenters. The second-order valence-electron chi connectivity index (χ2n) is 4.38. The fraction of sp³-hybridized carbons (Fsp3) is 1.00. The molecular weight excluding hydrogens is 150 g/mol. The number of rotatable bonds is 2. The summed E-state index contributed by atoms with van der Waals surface area (Å²) in [6.07, 6.45) is 3.03. The van der Waals surface area contributed by atoms with E-state index in [-0.39, 0.29) is 6.10 Å². The summed E-state index contributed by atoms with van der Waals surface area (Å²) in [7, 11) is 0. The van der Waals surface area contributed by atoms with Crippen molar-refractivity contribution < 1.29 is 5.11 Å². The fourth-order valence-corrected chi connectivity index (χ4v) is 1.69. The highest BCUT2D eigenvalue weighted by atomic mass is 16.3. The molecule has 0 aromatic heterocycles. The summed E-state index contributed by atoms with van der Waals surface area (Å²) in [4.78, 5) is 2.49. The molecule has 2 heteroatoms. The summed E-state index contributed by atoms with van der Waals surface area (Å²) in [6, 6.07) is 0. The third-order valence-electron chi connectivity index (χ3n) is 3.19. The van der Waals surface area contributed by atoms with Gasteiger partial charge in [0, 0.05) is 18.6 Å². The van der Waals surface area contributed by atoms with Gasteiger partial charge in [0.15, 0.2) is 0 Å². The van der Waals surface area contributed by atoms with Crippen molar-refractivity contribution in [3.8, 4) is 0 Å². The third kappa shape index (κ3) is 2.20. The monoisotopic (exact) mass is 171 g/mol. The van der Waals surface area contributed by atoms with Gasteiger partial charge in [-0.05, 0) is 33.1 Å². The molecule has 12 heavy (non-hydrogen) atoms. The van der Waals surface area contributed by atoms with E-state index in [0.29, 0.717) is 5.54 Å². The molecule has 0 unspecified atom stereocenters. The number of aliphatic hydroxyl groups excluding tert-OH is 1. The molecule has 0 aliphatic carbocycles. The van der Waals surface area contributed by atoms with Crippen LogP contribution in [0.2, 0.25) is 0 Å². The minimum absolute atomic E-state index is 0.0473. The van der Waals surface area contributed by atoms with E-state index in [2.05, 4.69) is 25.7 Å². The normalized spacial score (nSPS) is 23.0. The van der Waals surface area contributed by atoms with Gasteiger partial charge < -0.3 is 5.11 Å². The highest BCUT2D eigenvalue weighted by Crippen LogP contribution is 2.23. The summed E-state index contributed by atoms with van der Waals surface area (Å²) < 4.78 is 0. The topological polar surface area (TPSA) is 23.5 Å². The van der Waals surface area contributed by atoms with Gasteiger partial charge in [-0.2, -0.15) is 0 Å². The fourth-order valence-electron chi connectivity index (χ4n) is 1.69. The molecule has 0 saturated carbocycles. The molecule has 1 aliphatic rings. The van der Waals surface area contributed by atoms with Crippen LogP contribution in [0.3, 0.4) is 0 Å². The van der Waals surface area contributed by atoms with Crippen LogP contribution in [0.1, 0.15) is 40.0 Å². The molecule has 0 spiro atoms. The van der Waals surface area contributed by atoms with E-state index in [1.54, 1.807) is 0 Å². The molecule has 1 heterocycles. The van der Waals surface area contributed by atoms with Crippen LogP contribution < -0.4 is 0 Å². The largest absolute Gasteiger partial charge is 0.393 e. The number of hydrogen-bond acceptors (Lipinski definition) is 2. The minimum Gasteiger partial charge on any atom is -0.393 e. The first kappa shape index (κ1) is 10.0. The average molecular weight is 171 g/mol. The maximum atomic E-state index is 9.34. The van der Waals surface area contributed by atoms with Crippen molar-refractivity contribution in [1.82, 2.24) is 4.90 Å². The molecule has 1 saturated heterocycles. The Labute approximate surface area is 75.6 Å². The Hall–Kier alpha value is -0.0800. The zero-order valence-electron chi connectivity index (χ0n) is 8.51. The lowest BCUT2D eigenvalue weighted by atomic mass is 9.95. The van der Waals surface area contributed by atoms with E-state index >= 15 is 0 Å². The van der Waals surface area contributed by atoms with Crippen molar-refractivity contribution in [2.24, 2.45) is 0 Å². The summed E-state index contributed by atoms with van der Waals surface area (Å²) in [5, 5.41) is 9.34. The van der Waals surface area contributed by atoms with E-state index in [4.69, 9.17) is 0 Å². The van der Waals surface area contributed by atoms with Gasteiger partial charge in [-0.15, -0.1) is 0 Å². The maximum Gasteiger partial charge on any atom is 0.0564 e. The number of nitrogens with zero attached hydrogens (tertiary/aromatic N) is 1. The van der Waals surface area contributed by atoms with E-state index in [9.17, 15) is 5.11 Å². The first-order valence-electron chi connectivity index (χ1n) is 4.99. The SMILES string of the molecule is CCC(C)(C)N1CCC(O)CC1. The van der Waals surface area contributed by atoms with Crippen molar-refractivity contribution in [1.29, 1.82) is 0 Å². The molecule has 0 aromatic rings. The summed E-state index contributed by atoms with van der Waals surface area (Å²) in [5.74, 6) is 0. The van der Waals surface area contributed by atoms with Gasteiger partial charge in [0.1, 0.15) is 0 Å². The van der Waals surface area contributed by atoms with Gasteiger partial charge in [-0.1, -0.05) is 6.92 Å². The molecule has 0 radical (unpaired) electrons. The van der Waals surface area contributed by atoms with Crippen LogP contribution in [-0.4, -0.2) is 34.7 Å². The van der Waals surface area contributed by atoms with Crippen LogP contribution in [0.4, 0.5) is 0 Å². The summed E-state index contributed by atoms with van der Waals surface area (Å²) in [5.41, 5.74) is 0.320.